The number of aromatic nitrogens is 2. The molecule has 0 atom stereocenters. The van der Waals surface area contributed by atoms with Gasteiger partial charge < -0.3 is 10.0 Å². The first-order valence-electron chi connectivity index (χ1n) is 7.22. The average molecular weight is 288 g/mol. The fourth-order valence-corrected chi connectivity index (χ4v) is 2.89. The first-order chi connectivity index (χ1) is 10.2. The van der Waals surface area contributed by atoms with E-state index in [0.29, 0.717) is 0 Å². The van der Waals surface area contributed by atoms with Gasteiger partial charge in [0.15, 0.2) is 0 Å². The highest BCUT2D eigenvalue weighted by Gasteiger charge is 2.19. The minimum Gasteiger partial charge on any atom is -0.392 e. The number of rotatable bonds is 3. The Hall–Kier alpha value is -1.92. The molecule has 3 heterocycles. The summed E-state index contributed by atoms with van der Waals surface area (Å²) in [4.78, 5) is 15.6. The van der Waals surface area contributed by atoms with Gasteiger partial charge in [0.2, 0.25) is 5.91 Å². The fourth-order valence-electron chi connectivity index (χ4n) is 2.89. The maximum atomic E-state index is 11.4. The van der Waals surface area contributed by atoms with Crippen molar-refractivity contribution in [3.63, 3.8) is 0 Å². The molecule has 0 unspecified atom stereocenters. The van der Waals surface area contributed by atoms with Crippen molar-refractivity contribution in [3.05, 3.63) is 35.7 Å². The summed E-state index contributed by atoms with van der Waals surface area (Å²) in [6, 6.07) is 4.05. The third-order valence-corrected chi connectivity index (χ3v) is 4.08. The number of nitrogens with zero attached hydrogens (tertiary/aromatic N) is 4. The Morgan fingerprint density at radius 3 is 2.71 bits per heavy atom. The molecular weight excluding hydrogens is 268 g/mol. The number of piperazine rings is 1. The minimum absolute atomic E-state index is 0.00136. The summed E-state index contributed by atoms with van der Waals surface area (Å²) in [5.74, 6) is 0.148. The largest absolute Gasteiger partial charge is 0.392 e. The van der Waals surface area contributed by atoms with Crippen LogP contribution in [0, 0.1) is 0 Å². The molecular formula is C15H20N4O2. The average Bonchev–Trinajstić information content (AvgIpc) is 2.92. The molecule has 1 fully saturated rings. The Bertz CT molecular complexity index is 644. The van der Waals surface area contributed by atoms with Crippen molar-refractivity contribution in [1.29, 1.82) is 0 Å². The van der Waals surface area contributed by atoms with Crippen LogP contribution in [-0.2, 0) is 17.9 Å². The van der Waals surface area contributed by atoms with Crippen LogP contribution in [0.4, 0.5) is 0 Å². The number of carbonyl (C=O) groups is 1. The van der Waals surface area contributed by atoms with E-state index in [1.807, 2.05) is 21.7 Å². The Balaban J connectivity index is 1.77. The van der Waals surface area contributed by atoms with Crippen LogP contribution >= 0.6 is 0 Å². The summed E-state index contributed by atoms with van der Waals surface area (Å²) in [5.41, 5.74) is 3.01. The number of amides is 1. The van der Waals surface area contributed by atoms with Crippen molar-refractivity contribution < 1.29 is 9.90 Å². The zero-order valence-corrected chi connectivity index (χ0v) is 12.2. The summed E-state index contributed by atoms with van der Waals surface area (Å²) in [6.45, 7) is 5.76. The van der Waals surface area contributed by atoms with Gasteiger partial charge in [-0.05, 0) is 11.6 Å². The van der Waals surface area contributed by atoms with E-state index in [4.69, 9.17) is 0 Å². The second-order valence-electron chi connectivity index (χ2n) is 5.44. The molecule has 1 aliphatic rings. The summed E-state index contributed by atoms with van der Waals surface area (Å²) >= 11 is 0. The van der Waals surface area contributed by atoms with Gasteiger partial charge in [-0.25, -0.2) is 4.52 Å². The maximum absolute atomic E-state index is 11.4. The first kappa shape index (κ1) is 14.0. The maximum Gasteiger partial charge on any atom is 0.219 e. The van der Waals surface area contributed by atoms with Crippen LogP contribution in [0.25, 0.3) is 5.52 Å². The molecule has 6 nitrogen and oxygen atoms in total. The fraction of sp³-hybridized carbons (Fsp3) is 0.467. The molecule has 2 aromatic rings. The molecule has 0 radical (unpaired) electrons. The highest BCUT2D eigenvalue weighted by atomic mass is 16.3. The van der Waals surface area contributed by atoms with Gasteiger partial charge in [-0.3, -0.25) is 9.69 Å². The standard InChI is InChI=1S/C15H20N4O2/c1-12(21)18-7-5-17(6-8-18)10-13-3-2-4-19-15(13)14(11-20)9-16-19/h2-4,9,20H,5-8,10-11H2,1H3. The van der Waals surface area contributed by atoms with Gasteiger partial charge in [0.05, 0.1) is 18.3 Å². The van der Waals surface area contributed by atoms with Crippen LogP contribution in [0.2, 0.25) is 0 Å². The molecule has 3 rings (SSSR count). The van der Waals surface area contributed by atoms with Gasteiger partial charge >= 0.3 is 0 Å². The third kappa shape index (κ3) is 2.77. The molecule has 0 spiro atoms. The zero-order chi connectivity index (χ0) is 14.8. The number of hydrogen-bond acceptors (Lipinski definition) is 4. The number of pyridine rings is 1. The van der Waals surface area contributed by atoms with Gasteiger partial charge in [0.1, 0.15) is 0 Å². The van der Waals surface area contributed by atoms with E-state index in [2.05, 4.69) is 16.1 Å². The zero-order valence-electron chi connectivity index (χ0n) is 12.2. The van der Waals surface area contributed by atoms with E-state index in [1.165, 1.54) is 0 Å². The smallest absolute Gasteiger partial charge is 0.219 e. The van der Waals surface area contributed by atoms with Crippen molar-refractivity contribution in [3.8, 4) is 0 Å². The Labute approximate surface area is 123 Å². The van der Waals surface area contributed by atoms with Gasteiger partial charge in [0, 0.05) is 51.4 Å². The van der Waals surface area contributed by atoms with E-state index >= 15 is 0 Å². The lowest BCUT2D eigenvalue weighted by atomic mass is 10.1. The van der Waals surface area contributed by atoms with E-state index in [-0.39, 0.29) is 12.5 Å². The molecule has 0 bridgehead atoms. The van der Waals surface area contributed by atoms with Crippen molar-refractivity contribution in [2.75, 3.05) is 26.2 Å². The Morgan fingerprint density at radius 2 is 2.05 bits per heavy atom. The molecule has 0 aliphatic carbocycles. The second kappa shape index (κ2) is 5.83. The molecule has 2 aromatic heterocycles. The van der Waals surface area contributed by atoms with E-state index in [1.54, 1.807) is 13.1 Å². The first-order valence-corrected chi connectivity index (χ1v) is 7.22. The lowest BCUT2D eigenvalue weighted by molar-refractivity contribution is -0.130. The summed E-state index contributed by atoms with van der Waals surface area (Å²) in [5, 5.41) is 13.7. The van der Waals surface area contributed by atoms with E-state index in [0.717, 1.165) is 49.4 Å². The highest BCUT2D eigenvalue weighted by Crippen LogP contribution is 2.18. The highest BCUT2D eigenvalue weighted by molar-refractivity contribution is 5.73. The molecule has 6 heteroatoms. The molecule has 1 saturated heterocycles. The lowest BCUT2D eigenvalue weighted by Crippen LogP contribution is -2.47. The van der Waals surface area contributed by atoms with Gasteiger partial charge in [-0.2, -0.15) is 5.10 Å². The summed E-state index contributed by atoms with van der Waals surface area (Å²) in [6.07, 6.45) is 3.61. The molecule has 112 valence electrons. The molecule has 1 N–H and O–H groups in total. The molecule has 1 amide bonds. The Kier molecular flexibility index (Phi) is 3.90. The summed E-state index contributed by atoms with van der Waals surface area (Å²) < 4.78 is 1.81. The molecule has 1 aliphatic heterocycles. The SMILES string of the molecule is CC(=O)N1CCN(Cc2cccn3ncc(CO)c23)CC1. The monoisotopic (exact) mass is 288 g/mol. The number of carbonyl (C=O) groups excluding carboxylic acids is 1. The number of hydrogen-bond donors (Lipinski definition) is 1. The predicted octanol–water partition coefficient (Wildman–Crippen LogP) is 0.491. The van der Waals surface area contributed by atoms with Crippen molar-refractivity contribution in [1.82, 2.24) is 19.4 Å². The number of aliphatic hydroxyl groups excluding tert-OH is 1. The normalized spacial score (nSPS) is 16.6. The summed E-state index contributed by atoms with van der Waals surface area (Å²) in [7, 11) is 0. The van der Waals surface area contributed by atoms with Crippen LogP contribution in [0.1, 0.15) is 18.1 Å². The van der Waals surface area contributed by atoms with Crippen molar-refractivity contribution in [2.24, 2.45) is 0 Å². The van der Waals surface area contributed by atoms with E-state index in [9.17, 15) is 9.90 Å². The third-order valence-electron chi connectivity index (χ3n) is 4.08. The van der Waals surface area contributed by atoms with Gasteiger partial charge in [-0.1, -0.05) is 6.07 Å². The minimum atomic E-state index is -0.00136. The van der Waals surface area contributed by atoms with Crippen LogP contribution in [0.5, 0.6) is 0 Å². The van der Waals surface area contributed by atoms with Crippen molar-refractivity contribution in [2.45, 2.75) is 20.1 Å². The van der Waals surface area contributed by atoms with E-state index < -0.39 is 0 Å². The quantitative estimate of drug-likeness (QED) is 0.893. The Morgan fingerprint density at radius 1 is 1.29 bits per heavy atom. The molecule has 0 aromatic carbocycles. The molecule has 21 heavy (non-hydrogen) atoms. The van der Waals surface area contributed by atoms with Crippen LogP contribution < -0.4 is 0 Å². The second-order valence-corrected chi connectivity index (χ2v) is 5.44. The van der Waals surface area contributed by atoms with Gasteiger partial charge in [-0.15, -0.1) is 0 Å². The van der Waals surface area contributed by atoms with Crippen LogP contribution in [0.15, 0.2) is 24.5 Å². The lowest BCUT2D eigenvalue weighted by Gasteiger charge is -2.34. The number of aliphatic hydroxyl groups is 1. The predicted molar refractivity (Wildman–Crippen MR) is 78.6 cm³/mol. The number of fused-ring (bicyclic) bond motifs is 1. The van der Waals surface area contributed by atoms with Crippen LogP contribution in [0.3, 0.4) is 0 Å². The topological polar surface area (TPSA) is 61.1 Å². The van der Waals surface area contributed by atoms with Crippen LogP contribution in [-0.4, -0.2) is 56.6 Å². The molecule has 0 saturated carbocycles. The van der Waals surface area contributed by atoms with Crippen molar-refractivity contribution >= 4 is 11.4 Å². The van der Waals surface area contributed by atoms with Gasteiger partial charge in [0.25, 0.3) is 0 Å².